The average Bonchev–Trinajstić information content (AvgIpc) is 2.56. The summed E-state index contributed by atoms with van der Waals surface area (Å²) in [6, 6.07) is 0. The highest BCUT2D eigenvalue weighted by Crippen LogP contribution is 2.29. The SMILES string of the molecule is C#Cc1c(C)c(N)c(C)c(CN2CCN(C(=O)OC(C)(C)C)CC2)c1C. The Morgan fingerprint density at radius 3 is 2.19 bits per heavy atom. The van der Waals surface area contributed by atoms with E-state index in [0.29, 0.717) is 13.1 Å². The van der Waals surface area contributed by atoms with Gasteiger partial charge in [-0.05, 0) is 63.8 Å². The van der Waals surface area contributed by atoms with Crippen LogP contribution in [0.3, 0.4) is 0 Å². The smallest absolute Gasteiger partial charge is 0.410 e. The molecule has 0 saturated carbocycles. The number of hydrogen-bond donors (Lipinski definition) is 1. The highest BCUT2D eigenvalue weighted by molar-refractivity contribution is 5.68. The minimum Gasteiger partial charge on any atom is -0.444 e. The quantitative estimate of drug-likeness (QED) is 0.652. The summed E-state index contributed by atoms with van der Waals surface area (Å²) in [5, 5.41) is 0. The van der Waals surface area contributed by atoms with E-state index in [1.165, 1.54) is 5.56 Å². The van der Waals surface area contributed by atoms with Crippen molar-refractivity contribution in [3.05, 3.63) is 27.8 Å². The highest BCUT2D eigenvalue weighted by Gasteiger charge is 2.26. The fourth-order valence-electron chi connectivity index (χ4n) is 3.38. The molecular formula is C21H31N3O2. The maximum atomic E-state index is 12.2. The molecule has 1 aliphatic heterocycles. The highest BCUT2D eigenvalue weighted by atomic mass is 16.6. The van der Waals surface area contributed by atoms with Crippen LogP contribution in [0.5, 0.6) is 0 Å². The molecule has 1 heterocycles. The van der Waals surface area contributed by atoms with Gasteiger partial charge in [0, 0.05) is 44.0 Å². The molecule has 142 valence electrons. The van der Waals surface area contributed by atoms with Crippen molar-refractivity contribution in [2.24, 2.45) is 0 Å². The minimum atomic E-state index is -0.465. The zero-order chi connectivity index (χ0) is 19.6. The summed E-state index contributed by atoms with van der Waals surface area (Å²) in [6.07, 6.45) is 5.46. The molecule has 0 unspecified atom stereocenters. The van der Waals surface area contributed by atoms with Gasteiger partial charge in [-0.2, -0.15) is 0 Å². The minimum absolute atomic E-state index is 0.237. The summed E-state index contributed by atoms with van der Waals surface area (Å²) in [4.78, 5) is 16.3. The number of nitrogens with two attached hydrogens (primary N) is 1. The van der Waals surface area contributed by atoms with E-state index in [-0.39, 0.29) is 6.09 Å². The van der Waals surface area contributed by atoms with E-state index in [1.54, 1.807) is 4.90 Å². The molecule has 5 heteroatoms. The number of amides is 1. The predicted octanol–water partition coefficient (Wildman–Crippen LogP) is 3.23. The van der Waals surface area contributed by atoms with Crippen LogP contribution in [0, 0.1) is 33.1 Å². The second kappa shape index (κ2) is 7.59. The lowest BCUT2D eigenvalue weighted by molar-refractivity contribution is 0.0138. The van der Waals surface area contributed by atoms with Crippen molar-refractivity contribution >= 4 is 11.8 Å². The molecule has 0 bridgehead atoms. The fourth-order valence-corrected chi connectivity index (χ4v) is 3.38. The number of rotatable bonds is 2. The Balaban J connectivity index is 2.08. The van der Waals surface area contributed by atoms with Gasteiger partial charge in [0.05, 0.1) is 0 Å². The van der Waals surface area contributed by atoms with Gasteiger partial charge in [0.1, 0.15) is 5.60 Å². The van der Waals surface area contributed by atoms with Gasteiger partial charge in [0.2, 0.25) is 0 Å². The molecule has 0 atom stereocenters. The second-order valence-corrected chi connectivity index (χ2v) is 8.03. The Morgan fingerprint density at radius 2 is 1.69 bits per heavy atom. The van der Waals surface area contributed by atoms with Crippen molar-refractivity contribution in [2.75, 3.05) is 31.9 Å². The molecule has 2 N–H and O–H groups in total. The lowest BCUT2D eigenvalue weighted by Gasteiger charge is -2.36. The molecule has 1 fully saturated rings. The molecule has 1 amide bonds. The van der Waals surface area contributed by atoms with Crippen LogP contribution in [-0.2, 0) is 11.3 Å². The normalized spacial score (nSPS) is 15.7. The molecule has 1 saturated heterocycles. The first-order chi connectivity index (χ1) is 12.0. The molecule has 5 nitrogen and oxygen atoms in total. The van der Waals surface area contributed by atoms with E-state index >= 15 is 0 Å². The van der Waals surface area contributed by atoms with Crippen LogP contribution < -0.4 is 5.73 Å². The van der Waals surface area contributed by atoms with Crippen LogP contribution in [0.25, 0.3) is 0 Å². The Hall–Kier alpha value is -2.19. The van der Waals surface area contributed by atoms with Gasteiger partial charge in [-0.3, -0.25) is 4.90 Å². The van der Waals surface area contributed by atoms with E-state index in [9.17, 15) is 4.79 Å². The maximum absolute atomic E-state index is 12.2. The van der Waals surface area contributed by atoms with Crippen LogP contribution in [0.1, 0.15) is 48.6 Å². The molecule has 1 aromatic rings. The van der Waals surface area contributed by atoms with Gasteiger partial charge in [-0.1, -0.05) is 5.92 Å². The van der Waals surface area contributed by atoms with Gasteiger partial charge in [0.25, 0.3) is 0 Å². The Morgan fingerprint density at radius 1 is 1.12 bits per heavy atom. The summed E-state index contributed by atoms with van der Waals surface area (Å²) in [5.41, 5.74) is 11.9. The number of anilines is 1. The first-order valence-electron chi connectivity index (χ1n) is 9.10. The third-order valence-corrected chi connectivity index (χ3v) is 5.01. The van der Waals surface area contributed by atoms with E-state index < -0.39 is 5.60 Å². The molecule has 2 rings (SSSR count). The van der Waals surface area contributed by atoms with Gasteiger partial charge in [-0.15, -0.1) is 6.42 Å². The van der Waals surface area contributed by atoms with Crippen LogP contribution in [0.2, 0.25) is 0 Å². The lowest BCUT2D eigenvalue weighted by atomic mass is 9.91. The molecule has 0 radical (unpaired) electrons. The molecule has 1 aliphatic rings. The van der Waals surface area contributed by atoms with E-state index in [4.69, 9.17) is 16.9 Å². The summed E-state index contributed by atoms with van der Waals surface area (Å²) >= 11 is 0. The standard InChI is InChI=1S/C21H31N3O2/c1-8-17-14(2)18(16(4)19(22)15(17)3)13-23-9-11-24(12-10-23)20(25)26-21(5,6)7/h1H,9-13,22H2,2-7H3. The van der Waals surface area contributed by atoms with Crippen LogP contribution in [0.15, 0.2) is 0 Å². The monoisotopic (exact) mass is 357 g/mol. The van der Waals surface area contributed by atoms with Crippen molar-refractivity contribution in [1.82, 2.24) is 9.80 Å². The summed E-state index contributed by atoms with van der Waals surface area (Å²) in [7, 11) is 0. The number of nitrogens with zero attached hydrogens (tertiary/aromatic N) is 2. The summed E-state index contributed by atoms with van der Waals surface area (Å²) in [5.74, 6) is 2.78. The van der Waals surface area contributed by atoms with Crippen LogP contribution in [-0.4, -0.2) is 47.7 Å². The van der Waals surface area contributed by atoms with E-state index in [0.717, 1.165) is 47.6 Å². The van der Waals surface area contributed by atoms with Gasteiger partial charge < -0.3 is 15.4 Å². The number of carbonyl (C=O) groups excluding carboxylic acids is 1. The topological polar surface area (TPSA) is 58.8 Å². The van der Waals surface area contributed by atoms with Gasteiger partial charge in [-0.25, -0.2) is 4.79 Å². The molecule has 26 heavy (non-hydrogen) atoms. The molecular weight excluding hydrogens is 326 g/mol. The van der Waals surface area contributed by atoms with Crippen molar-refractivity contribution in [1.29, 1.82) is 0 Å². The second-order valence-electron chi connectivity index (χ2n) is 8.03. The number of ether oxygens (including phenoxy) is 1. The molecule has 1 aromatic carbocycles. The summed E-state index contributed by atoms with van der Waals surface area (Å²) in [6.45, 7) is 15.5. The molecule has 0 aromatic heterocycles. The first-order valence-corrected chi connectivity index (χ1v) is 9.10. The Kier molecular flexibility index (Phi) is 5.87. The van der Waals surface area contributed by atoms with Crippen LogP contribution in [0.4, 0.5) is 10.5 Å². The number of carbonyl (C=O) groups is 1. The maximum Gasteiger partial charge on any atom is 0.410 e. The summed E-state index contributed by atoms with van der Waals surface area (Å²) < 4.78 is 5.46. The first kappa shape index (κ1) is 20.1. The largest absolute Gasteiger partial charge is 0.444 e. The number of hydrogen-bond acceptors (Lipinski definition) is 4. The predicted molar refractivity (Wildman–Crippen MR) is 106 cm³/mol. The van der Waals surface area contributed by atoms with Crippen molar-refractivity contribution in [2.45, 2.75) is 53.7 Å². The van der Waals surface area contributed by atoms with Crippen molar-refractivity contribution < 1.29 is 9.53 Å². The third kappa shape index (κ3) is 4.31. The number of benzene rings is 1. The number of nitrogen functional groups attached to an aromatic ring is 1. The molecule has 0 spiro atoms. The fraction of sp³-hybridized carbons (Fsp3) is 0.571. The average molecular weight is 357 g/mol. The number of piperazine rings is 1. The van der Waals surface area contributed by atoms with Gasteiger partial charge >= 0.3 is 6.09 Å². The van der Waals surface area contributed by atoms with Crippen molar-refractivity contribution in [3.63, 3.8) is 0 Å². The van der Waals surface area contributed by atoms with Crippen LogP contribution >= 0.6 is 0 Å². The van der Waals surface area contributed by atoms with Gasteiger partial charge in [0.15, 0.2) is 0 Å². The Bertz CT molecular complexity index is 733. The number of terminal acetylenes is 1. The Labute approximate surface area is 157 Å². The zero-order valence-corrected chi connectivity index (χ0v) is 16.9. The van der Waals surface area contributed by atoms with E-state index in [1.807, 2.05) is 27.7 Å². The van der Waals surface area contributed by atoms with Crippen molar-refractivity contribution in [3.8, 4) is 12.3 Å². The third-order valence-electron chi connectivity index (χ3n) is 5.01. The lowest BCUT2D eigenvalue weighted by Crippen LogP contribution is -2.49. The molecule has 0 aliphatic carbocycles. The zero-order valence-electron chi connectivity index (χ0n) is 16.9. The van der Waals surface area contributed by atoms with E-state index in [2.05, 4.69) is 24.7 Å².